The number of ether oxygens (including phenoxy) is 2. The Kier molecular flexibility index (Phi) is 6.47. The Balaban J connectivity index is 2.67. The summed E-state index contributed by atoms with van der Waals surface area (Å²) in [5.74, 6) is 1.14. The fourth-order valence-corrected chi connectivity index (χ4v) is 1.75. The summed E-state index contributed by atoms with van der Waals surface area (Å²) >= 11 is 6.08. The molecular weight excluding hydrogens is 250 g/mol. The largest absolute Gasteiger partial charge is 0.490 e. The van der Waals surface area contributed by atoms with Crippen molar-refractivity contribution in [3.8, 4) is 5.75 Å². The van der Waals surface area contributed by atoms with E-state index in [4.69, 9.17) is 26.8 Å². The van der Waals surface area contributed by atoms with Crippen molar-refractivity contribution in [3.05, 3.63) is 28.8 Å². The molecule has 2 N–H and O–H groups in total. The van der Waals surface area contributed by atoms with E-state index in [0.29, 0.717) is 29.9 Å². The van der Waals surface area contributed by atoms with Gasteiger partial charge in [-0.3, -0.25) is 0 Å². The zero-order chi connectivity index (χ0) is 13.5. The molecule has 0 aliphatic heterocycles. The highest BCUT2D eigenvalue weighted by molar-refractivity contribution is 6.32. The van der Waals surface area contributed by atoms with Gasteiger partial charge < -0.3 is 15.2 Å². The first kappa shape index (κ1) is 15.3. The minimum Gasteiger partial charge on any atom is -0.490 e. The van der Waals surface area contributed by atoms with E-state index in [9.17, 15) is 0 Å². The van der Waals surface area contributed by atoms with E-state index in [1.54, 1.807) is 7.11 Å². The number of halogens is 1. The third kappa shape index (κ3) is 4.84. The van der Waals surface area contributed by atoms with Gasteiger partial charge in [-0.25, -0.2) is 0 Å². The van der Waals surface area contributed by atoms with Crippen LogP contribution in [0.2, 0.25) is 5.02 Å². The summed E-state index contributed by atoms with van der Waals surface area (Å²) in [6.45, 7) is 5.22. The van der Waals surface area contributed by atoms with E-state index < -0.39 is 0 Å². The third-order valence-electron chi connectivity index (χ3n) is 3.00. The molecule has 1 aromatic carbocycles. The zero-order valence-corrected chi connectivity index (χ0v) is 12.0. The molecular formula is C14H22ClNO2. The number of nitrogens with two attached hydrogens (primary N) is 1. The Labute approximate surface area is 114 Å². The lowest BCUT2D eigenvalue weighted by Gasteiger charge is -2.16. The van der Waals surface area contributed by atoms with Crippen LogP contribution in [0.5, 0.6) is 5.75 Å². The number of hydrogen-bond donors (Lipinski definition) is 1. The van der Waals surface area contributed by atoms with Crippen molar-refractivity contribution in [1.29, 1.82) is 0 Å². The van der Waals surface area contributed by atoms with E-state index in [2.05, 4.69) is 6.92 Å². The summed E-state index contributed by atoms with van der Waals surface area (Å²) in [5, 5.41) is 0.628. The van der Waals surface area contributed by atoms with Gasteiger partial charge in [-0.2, -0.15) is 0 Å². The number of hydrogen-bond acceptors (Lipinski definition) is 3. The van der Waals surface area contributed by atoms with Crippen LogP contribution in [0.3, 0.4) is 0 Å². The Morgan fingerprint density at radius 3 is 2.61 bits per heavy atom. The monoisotopic (exact) mass is 271 g/mol. The standard InChI is InChI=1S/C14H22ClNO2/c1-10(11(2)16)8-12-4-5-13(15)14(9-12)18-7-6-17-3/h4-5,9-11H,6-8,16H2,1-3H3. The maximum absolute atomic E-state index is 6.08. The molecule has 1 rings (SSSR count). The van der Waals surface area contributed by atoms with Gasteiger partial charge in [0.15, 0.2) is 0 Å². The van der Waals surface area contributed by atoms with Gasteiger partial charge in [0.1, 0.15) is 12.4 Å². The van der Waals surface area contributed by atoms with Crippen molar-refractivity contribution >= 4 is 11.6 Å². The summed E-state index contributed by atoms with van der Waals surface area (Å²) < 4.78 is 10.5. The zero-order valence-electron chi connectivity index (χ0n) is 11.3. The normalized spacial score (nSPS) is 14.3. The van der Waals surface area contributed by atoms with Gasteiger partial charge in [0, 0.05) is 13.2 Å². The lowest BCUT2D eigenvalue weighted by atomic mass is 9.95. The first-order valence-corrected chi connectivity index (χ1v) is 6.58. The predicted molar refractivity (Wildman–Crippen MR) is 75.3 cm³/mol. The minimum absolute atomic E-state index is 0.179. The fraction of sp³-hybridized carbons (Fsp3) is 0.571. The topological polar surface area (TPSA) is 44.5 Å². The van der Waals surface area contributed by atoms with Crippen molar-refractivity contribution in [3.63, 3.8) is 0 Å². The summed E-state index contributed by atoms with van der Waals surface area (Å²) in [5.41, 5.74) is 7.07. The summed E-state index contributed by atoms with van der Waals surface area (Å²) in [6, 6.07) is 6.05. The molecule has 0 aliphatic rings. The van der Waals surface area contributed by atoms with Crippen LogP contribution in [0.4, 0.5) is 0 Å². The molecule has 0 saturated carbocycles. The predicted octanol–water partition coefficient (Wildman–Crippen LogP) is 2.89. The molecule has 0 bridgehead atoms. The Morgan fingerprint density at radius 1 is 1.28 bits per heavy atom. The van der Waals surface area contributed by atoms with Crippen LogP contribution >= 0.6 is 11.6 Å². The van der Waals surface area contributed by atoms with E-state index in [-0.39, 0.29) is 6.04 Å². The minimum atomic E-state index is 0.179. The molecule has 2 atom stereocenters. The van der Waals surface area contributed by atoms with Gasteiger partial charge >= 0.3 is 0 Å². The van der Waals surface area contributed by atoms with Gasteiger partial charge in [-0.1, -0.05) is 24.6 Å². The maximum atomic E-state index is 6.08. The average molecular weight is 272 g/mol. The third-order valence-corrected chi connectivity index (χ3v) is 3.31. The van der Waals surface area contributed by atoms with Gasteiger partial charge in [0.25, 0.3) is 0 Å². The molecule has 1 aromatic rings. The van der Waals surface area contributed by atoms with Gasteiger partial charge in [0.2, 0.25) is 0 Å². The second kappa shape index (κ2) is 7.62. The SMILES string of the molecule is COCCOc1cc(CC(C)C(C)N)ccc1Cl. The van der Waals surface area contributed by atoms with Gasteiger partial charge in [0.05, 0.1) is 11.6 Å². The summed E-state index contributed by atoms with van der Waals surface area (Å²) in [4.78, 5) is 0. The molecule has 0 aliphatic carbocycles. The van der Waals surface area contributed by atoms with Crippen LogP contribution in [0.15, 0.2) is 18.2 Å². The molecule has 3 nitrogen and oxygen atoms in total. The molecule has 4 heteroatoms. The maximum Gasteiger partial charge on any atom is 0.138 e. The van der Waals surface area contributed by atoms with Crippen molar-refractivity contribution < 1.29 is 9.47 Å². The Morgan fingerprint density at radius 2 is 2.00 bits per heavy atom. The fourth-order valence-electron chi connectivity index (χ4n) is 1.58. The van der Waals surface area contributed by atoms with Crippen molar-refractivity contribution in [2.75, 3.05) is 20.3 Å². The van der Waals surface area contributed by atoms with Crippen LogP contribution in [0, 0.1) is 5.92 Å². The molecule has 0 heterocycles. The van der Waals surface area contributed by atoms with E-state index >= 15 is 0 Å². The molecule has 0 fully saturated rings. The van der Waals surface area contributed by atoms with Crippen molar-refractivity contribution in [1.82, 2.24) is 0 Å². The van der Waals surface area contributed by atoms with Crippen molar-refractivity contribution in [2.24, 2.45) is 11.7 Å². The second-order valence-electron chi connectivity index (χ2n) is 4.65. The van der Waals surface area contributed by atoms with E-state index in [0.717, 1.165) is 6.42 Å². The molecule has 0 spiro atoms. The Bertz CT molecular complexity index is 369. The quantitative estimate of drug-likeness (QED) is 0.776. The number of benzene rings is 1. The van der Waals surface area contributed by atoms with Crippen LogP contribution in [-0.2, 0) is 11.2 Å². The summed E-state index contributed by atoms with van der Waals surface area (Å²) in [6.07, 6.45) is 0.926. The van der Waals surface area contributed by atoms with E-state index in [1.165, 1.54) is 5.56 Å². The second-order valence-corrected chi connectivity index (χ2v) is 5.05. The first-order chi connectivity index (χ1) is 8.54. The number of methoxy groups -OCH3 is 1. The van der Waals surface area contributed by atoms with Crippen LogP contribution in [-0.4, -0.2) is 26.4 Å². The molecule has 0 saturated heterocycles. The Hall–Kier alpha value is -0.770. The molecule has 18 heavy (non-hydrogen) atoms. The lowest BCUT2D eigenvalue weighted by Crippen LogP contribution is -2.25. The molecule has 2 unspecified atom stereocenters. The summed E-state index contributed by atoms with van der Waals surface area (Å²) in [7, 11) is 1.64. The number of rotatable bonds is 7. The highest BCUT2D eigenvalue weighted by atomic mass is 35.5. The molecule has 0 aromatic heterocycles. The molecule has 0 amide bonds. The highest BCUT2D eigenvalue weighted by Gasteiger charge is 2.10. The van der Waals surface area contributed by atoms with Crippen LogP contribution in [0.1, 0.15) is 19.4 Å². The molecule has 0 radical (unpaired) electrons. The first-order valence-electron chi connectivity index (χ1n) is 6.20. The lowest BCUT2D eigenvalue weighted by molar-refractivity contribution is 0.146. The average Bonchev–Trinajstić information content (AvgIpc) is 2.33. The van der Waals surface area contributed by atoms with E-state index in [1.807, 2.05) is 25.1 Å². The molecule has 102 valence electrons. The van der Waals surface area contributed by atoms with Gasteiger partial charge in [-0.15, -0.1) is 0 Å². The smallest absolute Gasteiger partial charge is 0.138 e. The van der Waals surface area contributed by atoms with Crippen molar-refractivity contribution in [2.45, 2.75) is 26.3 Å². The van der Waals surface area contributed by atoms with Crippen LogP contribution in [0.25, 0.3) is 0 Å². The highest BCUT2D eigenvalue weighted by Crippen LogP contribution is 2.26. The van der Waals surface area contributed by atoms with Crippen LogP contribution < -0.4 is 10.5 Å². The van der Waals surface area contributed by atoms with Gasteiger partial charge in [-0.05, 0) is 37.0 Å².